The van der Waals surface area contributed by atoms with Gasteiger partial charge in [-0.1, -0.05) is 0 Å². The lowest BCUT2D eigenvalue weighted by Gasteiger charge is -2.28. The highest BCUT2D eigenvalue weighted by Crippen LogP contribution is 2.25. The fourth-order valence-corrected chi connectivity index (χ4v) is 2.97. The molecule has 1 atom stereocenters. The number of nitrogens with zero attached hydrogens (tertiary/aromatic N) is 1. The topological polar surface area (TPSA) is 34.2 Å². The Bertz CT molecular complexity index is 325. The second-order valence-electron chi connectivity index (χ2n) is 4.54. The molecule has 0 aliphatic carbocycles. The summed E-state index contributed by atoms with van der Waals surface area (Å²) in [7, 11) is 0. The van der Waals surface area contributed by atoms with Crippen molar-refractivity contribution in [2.45, 2.75) is 39.7 Å². The van der Waals surface area contributed by atoms with Crippen LogP contribution in [0.5, 0.6) is 0 Å². The third-order valence-corrected chi connectivity index (χ3v) is 4.36. The van der Waals surface area contributed by atoms with Crippen molar-refractivity contribution in [3.05, 3.63) is 10.6 Å². The summed E-state index contributed by atoms with van der Waals surface area (Å²) in [5, 5.41) is 4.59. The van der Waals surface area contributed by atoms with E-state index in [4.69, 9.17) is 4.74 Å². The Hall–Kier alpha value is -0.610. The van der Waals surface area contributed by atoms with Gasteiger partial charge in [-0.3, -0.25) is 0 Å². The minimum absolute atomic E-state index is 0.494. The first-order valence-corrected chi connectivity index (χ1v) is 6.77. The van der Waals surface area contributed by atoms with Gasteiger partial charge in [-0.05, 0) is 39.5 Å². The van der Waals surface area contributed by atoms with E-state index in [-0.39, 0.29) is 0 Å². The fraction of sp³-hybridized carbons (Fsp3) is 0.750. The number of hydrogen-bond donors (Lipinski definition) is 1. The zero-order chi connectivity index (χ0) is 11.5. The van der Waals surface area contributed by atoms with Gasteiger partial charge in [0.1, 0.15) is 0 Å². The number of rotatable bonds is 3. The van der Waals surface area contributed by atoms with Crippen molar-refractivity contribution < 1.29 is 4.74 Å². The second kappa shape index (κ2) is 5.15. The number of hydrogen-bond acceptors (Lipinski definition) is 4. The van der Waals surface area contributed by atoms with Crippen molar-refractivity contribution in [3.8, 4) is 0 Å². The number of aromatic nitrogens is 1. The van der Waals surface area contributed by atoms with Crippen molar-refractivity contribution in [2.75, 3.05) is 18.5 Å². The van der Waals surface area contributed by atoms with E-state index in [0.717, 1.165) is 42.8 Å². The van der Waals surface area contributed by atoms with E-state index < -0.39 is 0 Å². The molecule has 1 unspecified atom stereocenters. The largest absolute Gasteiger partial charge is 0.381 e. The molecule has 0 amide bonds. The molecule has 90 valence electrons. The van der Waals surface area contributed by atoms with Gasteiger partial charge in [0, 0.05) is 24.1 Å². The van der Waals surface area contributed by atoms with Crippen molar-refractivity contribution >= 4 is 16.5 Å². The van der Waals surface area contributed by atoms with Gasteiger partial charge >= 0.3 is 0 Å². The smallest absolute Gasteiger partial charge is 0.183 e. The predicted octanol–water partition coefficient (Wildman–Crippen LogP) is 2.99. The van der Waals surface area contributed by atoms with Gasteiger partial charge in [0.25, 0.3) is 0 Å². The second-order valence-corrected chi connectivity index (χ2v) is 5.75. The summed E-state index contributed by atoms with van der Waals surface area (Å²) in [6, 6.07) is 0.494. The molecule has 1 N–H and O–H groups in total. The molecule has 3 nitrogen and oxygen atoms in total. The molecule has 0 radical (unpaired) electrons. The predicted molar refractivity (Wildman–Crippen MR) is 68.2 cm³/mol. The van der Waals surface area contributed by atoms with Crippen molar-refractivity contribution in [2.24, 2.45) is 5.92 Å². The Balaban J connectivity index is 1.93. The normalized spacial score (nSPS) is 19.7. The summed E-state index contributed by atoms with van der Waals surface area (Å²) in [5.41, 5.74) is 1.15. The number of thiazole rings is 1. The fourth-order valence-electron chi connectivity index (χ4n) is 2.06. The Morgan fingerprint density at radius 2 is 2.06 bits per heavy atom. The van der Waals surface area contributed by atoms with Crippen LogP contribution in [0.1, 0.15) is 30.3 Å². The molecule has 0 bridgehead atoms. The van der Waals surface area contributed by atoms with Crippen LogP contribution in [0.25, 0.3) is 0 Å². The van der Waals surface area contributed by atoms with E-state index in [1.165, 1.54) is 4.88 Å². The minimum Gasteiger partial charge on any atom is -0.381 e. The monoisotopic (exact) mass is 240 g/mol. The number of aryl methyl sites for hydroxylation is 2. The number of anilines is 1. The molecule has 2 heterocycles. The average molecular weight is 240 g/mol. The van der Waals surface area contributed by atoms with E-state index in [1.54, 1.807) is 11.3 Å². The summed E-state index contributed by atoms with van der Waals surface area (Å²) in [5.74, 6) is 0.721. The maximum absolute atomic E-state index is 5.38. The first-order valence-electron chi connectivity index (χ1n) is 5.95. The minimum atomic E-state index is 0.494. The molecule has 1 aliphatic rings. The third kappa shape index (κ3) is 2.74. The van der Waals surface area contributed by atoms with Gasteiger partial charge in [0.2, 0.25) is 0 Å². The van der Waals surface area contributed by atoms with E-state index >= 15 is 0 Å². The first-order chi connectivity index (χ1) is 7.66. The van der Waals surface area contributed by atoms with Crippen LogP contribution in [0.2, 0.25) is 0 Å². The SMILES string of the molecule is Cc1nc(NC(C)C2CCOCC2)sc1C. The highest BCUT2D eigenvalue weighted by atomic mass is 32.1. The summed E-state index contributed by atoms with van der Waals surface area (Å²) >= 11 is 1.75. The molecular formula is C12H20N2OS. The number of nitrogens with one attached hydrogen (secondary N) is 1. The Morgan fingerprint density at radius 1 is 1.38 bits per heavy atom. The average Bonchev–Trinajstić information content (AvgIpc) is 2.59. The van der Waals surface area contributed by atoms with E-state index in [0.29, 0.717) is 6.04 Å². The zero-order valence-corrected chi connectivity index (χ0v) is 11.1. The van der Waals surface area contributed by atoms with Gasteiger partial charge in [0.05, 0.1) is 5.69 Å². The Morgan fingerprint density at radius 3 is 2.62 bits per heavy atom. The lowest BCUT2D eigenvalue weighted by molar-refractivity contribution is 0.0622. The Kier molecular flexibility index (Phi) is 3.82. The quantitative estimate of drug-likeness (QED) is 0.882. The van der Waals surface area contributed by atoms with Gasteiger partial charge in [0.15, 0.2) is 5.13 Å². The van der Waals surface area contributed by atoms with Crippen LogP contribution >= 0.6 is 11.3 Å². The molecule has 0 saturated carbocycles. The lowest BCUT2D eigenvalue weighted by Crippen LogP contribution is -2.30. The van der Waals surface area contributed by atoms with E-state index in [1.807, 2.05) is 0 Å². The van der Waals surface area contributed by atoms with Crippen LogP contribution in [0, 0.1) is 19.8 Å². The molecule has 1 saturated heterocycles. The van der Waals surface area contributed by atoms with Crippen molar-refractivity contribution in [1.82, 2.24) is 4.98 Å². The highest BCUT2D eigenvalue weighted by Gasteiger charge is 2.21. The number of ether oxygens (including phenoxy) is 1. The van der Waals surface area contributed by atoms with E-state index in [2.05, 4.69) is 31.1 Å². The Labute approximate surface area is 101 Å². The van der Waals surface area contributed by atoms with E-state index in [9.17, 15) is 0 Å². The molecule has 4 heteroatoms. The zero-order valence-electron chi connectivity index (χ0n) is 10.2. The molecule has 1 aromatic heterocycles. The molecule has 0 spiro atoms. The van der Waals surface area contributed by atoms with Gasteiger partial charge in [-0.25, -0.2) is 4.98 Å². The molecule has 1 aromatic rings. The highest BCUT2D eigenvalue weighted by molar-refractivity contribution is 7.15. The van der Waals surface area contributed by atoms with Crippen molar-refractivity contribution in [1.29, 1.82) is 0 Å². The molecule has 1 fully saturated rings. The van der Waals surface area contributed by atoms with Gasteiger partial charge in [-0.2, -0.15) is 0 Å². The molecule has 16 heavy (non-hydrogen) atoms. The van der Waals surface area contributed by atoms with Crippen LogP contribution in [-0.2, 0) is 4.74 Å². The van der Waals surface area contributed by atoms with Crippen LogP contribution in [0.3, 0.4) is 0 Å². The molecule has 2 rings (SSSR count). The molecular weight excluding hydrogens is 220 g/mol. The summed E-state index contributed by atoms with van der Waals surface area (Å²) in [6.07, 6.45) is 2.33. The van der Waals surface area contributed by atoms with Crippen LogP contribution in [0.15, 0.2) is 0 Å². The maximum Gasteiger partial charge on any atom is 0.183 e. The maximum atomic E-state index is 5.38. The van der Waals surface area contributed by atoms with Crippen LogP contribution in [0.4, 0.5) is 5.13 Å². The molecule has 1 aliphatic heterocycles. The molecule has 0 aromatic carbocycles. The summed E-state index contributed by atoms with van der Waals surface area (Å²) < 4.78 is 5.38. The first kappa shape index (κ1) is 11.9. The van der Waals surface area contributed by atoms with Crippen LogP contribution in [-0.4, -0.2) is 24.2 Å². The third-order valence-electron chi connectivity index (χ3n) is 3.35. The standard InChI is InChI=1S/C12H20N2OS/c1-8-10(3)16-12(13-8)14-9(2)11-4-6-15-7-5-11/h9,11H,4-7H2,1-3H3,(H,13,14). The van der Waals surface area contributed by atoms with Gasteiger partial charge < -0.3 is 10.1 Å². The summed E-state index contributed by atoms with van der Waals surface area (Å²) in [6.45, 7) is 8.26. The van der Waals surface area contributed by atoms with Crippen molar-refractivity contribution in [3.63, 3.8) is 0 Å². The summed E-state index contributed by atoms with van der Waals surface area (Å²) in [4.78, 5) is 5.83. The van der Waals surface area contributed by atoms with Crippen LogP contribution < -0.4 is 5.32 Å². The lowest BCUT2D eigenvalue weighted by atomic mass is 9.93. The van der Waals surface area contributed by atoms with Gasteiger partial charge in [-0.15, -0.1) is 11.3 Å².